The zero-order chi connectivity index (χ0) is 11.5. The first kappa shape index (κ1) is 10.5. The van der Waals surface area contributed by atoms with Crippen molar-refractivity contribution in [3.8, 4) is 12.3 Å². The molecule has 0 aliphatic rings. The molecule has 0 amide bonds. The van der Waals surface area contributed by atoms with Gasteiger partial charge in [-0.05, 0) is 25.1 Å². The van der Waals surface area contributed by atoms with Crippen LogP contribution in [-0.2, 0) is 0 Å². The molecular formula is C14H12O2. The van der Waals surface area contributed by atoms with Crippen LogP contribution >= 0.6 is 0 Å². The maximum absolute atomic E-state index is 11.7. The minimum absolute atomic E-state index is 0.0354. The minimum Gasteiger partial charge on any atom is -0.453 e. The van der Waals surface area contributed by atoms with Crippen LogP contribution < -0.4 is 0 Å². The molecule has 0 bridgehead atoms. The first-order chi connectivity index (χ1) is 7.70. The molecule has 0 radical (unpaired) electrons. The average molecular weight is 212 g/mol. The molecular weight excluding hydrogens is 200 g/mol. The molecule has 0 aliphatic heterocycles. The molecule has 0 fully saturated rings. The van der Waals surface area contributed by atoms with E-state index in [-0.39, 0.29) is 5.78 Å². The molecule has 0 aliphatic carbocycles. The van der Waals surface area contributed by atoms with Crippen molar-refractivity contribution in [2.45, 2.75) is 19.8 Å². The smallest absolute Gasteiger partial charge is 0.198 e. The zero-order valence-corrected chi connectivity index (χ0v) is 9.12. The third-order valence-corrected chi connectivity index (χ3v) is 2.44. The highest BCUT2D eigenvalue weighted by Gasteiger charge is 2.11. The lowest BCUT2D eigenvalue weighted by Gasteiger charge is -1.91. The minimum atomic E-state index is -0.0354. The maximum atomic E-state index is 11.7. The summed E-state index contributed by atoms with van der Waals surface area (Å²) in [6.45, 7) is 2.01. The lowest BCUT2D eigenvalue weighted by Crippen LogP contribution is -1.95. The van der Waals surface area contributed by atoms with Crippen LogP contribution in [0.4, 0.5) is 0 Å². The standard InChI is InChI=1S/C14H12O2/c1-3-4-5-12(15)14-9-11-8-10(2)6-7-13(11)16-14/h1,6-9H,4-5H2,2H3. The molecule has 0 saturated heterocycles. The maximum Gasteiger partial charge on any atom is 0.198 e. The van der Waals surface area contributed by atoms with Crippen molar-refractivity contribution in [1.29, 1.82) is 0 Å². The summed E-state index contributed by atoms with van der Waals surface area (Å²) in [6, 6.07) is 7.61. The summed E-state index contributed by atoms with van der Waals surface area (Å²) in [6.07, 6.45) is 5.91. The summed E-state index contributed by atoms with van der Waals surface area (Å²) in [5.74, 6) is 2.81. The Bertz CT molecular complexity index is 570. The van der Waals surface area contributed by atoms with E-state index in [1.807, 2.05) is 25.1 Å². The van der Waals surface area contributed by atoms with Crippen LogP contribution in [0.1, 0.15) is 29.0 Å². The molecule has 0 saturated carbocycles. The van der Waals surface area contributed by atoms with Gasteiger partial charge in [0.15, 0.2) is 11.5 Å². The number of carbonyl (C=O) groups is 1. The number of carbonyl (C=O) groups excluding carboxylic acids is 1. The second-order valence-corrected chi connectivity index (χ2v) is 3.78. The van der Waals surface area contributed by atoms with Crippen molar-refractivity contribution in [1.82, 2.24) is 0 Å². The van der Waals surface area contributed by atoms with Gasteiger partial charge in [-0.15, -0.1) is 12.3 Å². The summed E-state index contributed by atoms with van der Waals surface area (Å²) >= 11 is 0. The molecule has 0 spiro atoms. The van der Waals surface area contributed by atoms with Gasteiger partial charge in [0.1, 0.15) is 5.58 Å². The van der Waals surface area contributed by atoms with Crippen LogP contribution in [0, 0.1) is 19.3 Å². The van der Waals surface area contributed by atoms with Crippen LogP contribution in [0.3, 0.4) is 0 Å². The molecule has 0 unspecified atom stereocenters. The molecule has 80 valence electrons. The van der Waals surface area contributed by atoms with Gasteiger partial charge in [-0.2, -0.15) is 0 Å². The Morgan fingerprint density at radius 3 is 3.00 bits per heavy atom. The van der Waals surface area contributed by atoms with E-state index in [9.17, 15) is 4.79 Å². The molecule has 2 nitrogen and oxygen atoms in total. The molecule has 2 aromatic rings. The Hall–Kier alpha value is -2.01. The fourth-order valence-corrected chi connectivity index (χ4v) is 1.61. The van der Waals surface area contributed by atoms with Crippen LogP contribution in [0.15, 0.2) is 28.7 Å². The van der Waals surface area contributed by atoms with E-state index in [0.29, 0.717) is 18.6 Å². The molecule has 1 aromatic carbocycles. The Morgan fingerprint density at radius 1 is 1.44 bits per heavy atom. The molecule has 1 heterocycles. The van der Waals surface area contributed by atoms with Crippen molar-refractivity contribution in [2.75, 3.05) is 0 Å². The fourth-order valence-electron chi connectivity index (χ4n) is 1.61. The number of Topliss-reactive ketones (excluding diaryl/α,β-unsaturated/α-hetero) is 1. The zero-order valence-electron chi connectivity index (χ0n) is 9.12. The van der Waals surface area contributed by atoms with Gasteiger partial charge < -0.3 is 4.42 Å². The van der Waals surface area contributed by atoms with E-state index in [1.165, 1.54) is 0 Å². The summed E-state index contributed by atoms with van der Waals surface area (Å²) in [5.41, 5.74) is 1.89. The van der Waals surface area contributed by atoms with Gasteiger partial charge in [0.25, 0.3) is 0 Å². The van der Waals surface area contributed by atoms with Crippen LogP contribution in [0.2, 0.25) is 0 Å². The average Bonchev–Trinajstić information content (AvgIpc) is 2.68. The molecule has 2 rings (SSSR count). The summed E-state index contributed by atoms with van der Waals surface area (Å²) in [7, 11) is 0. The highest BCUT2D eigenvalue weighted by atomic mass is 16.3. The normalized spacial score (nSPS) is 10.2. The topological polar surface area (TPSA) is 30.2 Å². The van der Waals surface area contributed by atoms with E-state index in [0.717, 1.165) is 16.5 Å². The lowest BCUT2D eigenvalue weighted by molar-refractivity contribution is 0.0959. The van der Waals surface area contributed by atoms with Crippen molar-refractivity contribution in [3.05, 3.63) is 35.6 Å². The number of benzene rings is 1. The van der Waals surface area contributed by atoms with Crippen LogP contribution in [-0.4, -0.2) is 5.78 Å². The number of fused-ring (bicyclic) bond motifs is 1. The number of hydrogen-bond donors (Lipinski definition) is 0. The van der Waals surface area contributed by atoms with E-state index in [2.05, 4.69) is 5.92 Å². The van der Waals surface area contributed by atoms with Gasteiger partial charge >= 0.3 is 0 Å². The predicted molar refractivity (Wildman–Crippen MR) is 63.3 cm³/mol. The Labute approximate surface area is 94.3 Å². The molecule has 2 heteroatoms. The second-order valence-electron chi connectivity index (χ2n) is 3.78. The van der Waals surface area contributed by atoms with Crippen molar-refractivity contribution in [3.63, 3.8) is 0 Å². The number of rotatable bonds is 3. The Balaban J connectivity index is 2.33. The highest BCUT2D eigenvalue weighted by Crippen LogP contribution is 2.21. The van der Waals surface area contributed by atoms with Crippen molar-refractivity contribution >= 4 is 16.8 Å². The summed E-state index contributed by atoms with van der Waals surface area (Å²) < 4.78 is 5.46. The highest BCUT2D eigenvalue weighted by molar-refractivity contribution is 5.97. The molecule has 0 N–H and O–H groups in total. The quantitative estimate of drug-likeness (QED) is 0.577. The van der Waals surface area contributed by atoms with Gasteiger partial charge in [-0.25, -0.2) is 0 Å². The third kappa shape index (κ3) is 1.99. The van der Waals surface area contributed by atoms with E-state index in [4.69, 9.17) is 10.8 Å². The van der Waals surface area contributed by atoms with Gasteiger partial charge in [0.05, 0.1) is 0 Å². The number of furan rings is 1. The predicted octanol–water partition coefficient (Wildman–Crippen LogP) is 3.34. The van der Waals surface area contributed by atoms with Crippen molar-refractivity contribution < 1.29 is 9.21 Å². The fraction of sp³-hybridized carbons (Fsp3) is 0.214. The number of terminal acetylenes is 1. The van der Waals surface area contributed by atoms with Gasteiger partial charge in [-0.1, -0.05) is 11.6 Å². The van der Waals surface area contributed by atoms with Crippen LogP contribution in [0.5, 0.6) is 0 Å². The van der Waals surface area contributed by atoms with E-state index < -0.39 is 0 Å². The Morgan fingerprint density at radius 2 is 2.25 bits per heavy atom. The van der Waals surface area contributed by atoms with Gasteiger partial charge in [0, 0.05) is 18.2 Å². The van der Waals surface area contributed by atoms with Crippen LogP contribution in [0.25, 0.3) is 11.0 Å². The molecule has 0 atom stereocenters. The second kappa shape index (κ2) is 4.24. The summed E-state index contributed by atoms with van der Waals surface area (Å²) in [5, 5.41) is 0.962. The SMILES string of the molecule is C#CCCC(=O)c1cc2cc(C)ccc2o1. The van der Waals surface area contributed by atoms with Gasteiger partial charge in [0.2, 0.25) is 0 Å². The number of ketones is 1. The number of hydrogen-bond acceptors (Lipinski definition) is 2. The first-order valence-electron chi connectivity index (χ1n) is 5.17. The number of aryl methyl sites for hydroxylation is 1. The molecule has 1 aromatic heterocycles. The first-order valence-corrected chi connectivity index (χ1v) is 5.17. The lowest BCUT2D eigenvalue weighted by atomic mass is 10.1. The van der Waals surface area contributed by atoms with E-state index >= 15 is 0 Å². The van der Waals surface area contributed by atoms with Gasteiger partial charge in [-0.3, -0.25) is 4.79 Å². The van der Waals surface area contributed by atoms with E-state index in [1.54, 1.807) is 6.07 Å². The van der Waals surface area contributed by atoms with Crippen molar-refractivity contribution in [2.24, 2.45) is 0 Å². The molecule has 16 heavy (non-hydrogen) atoms. The monoisotopic (exact) mass is 212 g/mol. The summed E-state index contributed by atoms with van der Waals surface area (Å²) in [4.78, 5) is 11.7. The largest absolute Gasteiger partial charge is 0.453 e. The third-order valence-electron chi connectivity index (χ3n) is 2.44. The Kier molecular flexibility index (Phi) is 2.78.